The molecule has 0 spiro atoms. The van der Waals surface area contributed by atoms with Crippen LogP contribution in [-0.2, 0) is 26.1 Å². The Morgan fingerprint density at radius 3 is 2.64 bits per heavy atom. The van der Waals surface area contributed by atoms with Gasteiger partial charge in [-0.15, -0.1) is 4.40 Å². The van der Waals surface area contributed by atoms with Gasteiger partial charge in [0.25, 0.3) is 15.6 Å². The van der Waals surface area contributed by atoms with Crippen molar-refractivity contribution in [3.8, 4) is 0 Å². The lowest BCUT2D eigenvalue weighted by atomic mass is 10.1. The van der Waals surface area contributed by atoms with Crippen LogP contribution >= 0.6 is 0 Å². The largest absolute Gasteiger partial charge is 0.462 e. The van der Waals surface area contributed by atoms with Crippen LogP contribution in [0.15, 0.2) is 93.2 Å². The van der Waals surface area contributed by atoms with Crippen molar-refractivity contribution in [1.82, 2.24) is 9.55 Å². The van der Waals surface area contributed by atoms with Crippen LogP contribution in [0.2, 0.25) is 0 Å². The Labute approximate surface area is 207 Å². The van der Waals surface area contributed by atoms with E-state index in [2.05, 4.69) is 9.38 Å². The number of ether oxygens (including phenoxy) is 1. The molecule has 36 heavy (non-hydrogen) atoms. The van der Waals surface area contributed by atoms with Gasteiger partial charge >= 0.3 is 5.97 Å². The molecule has 0 radical (unpaired) electrons. The first-order valence-corrected chi connectivity index (χ1v) is 12.7. The number of esters is 1. The number of carbonyl (C=O) groups excluding carboxylic acids is 1. The van der Waals surface area contributed by atoms with E-state index >= 15 is 0 Å². The minimum Gasteiger partial charge on any atom is -0.462 e. The second kappa shape index (κ2) is 9.38. The zero-order valence-electron chi connectivity index (χ0n) is 19.4. The van der Waals surface area contributed by atoms with E-state index in [0.29, 0.717) is 22.2 Å². The second-order valence-corrected chi connectivity index (χ2v) is 9.86. The molecule has 0 N–H and O–H groups in total. The minimum atomic E-state index is -3.83. The summed E-state index contributed by atoms with van der Waals surface area (Å²) in [4.78, 5) is 31.3. The molecule has 0 atom stereocenters. The third kappa shape index (κ3) is 4.50. The lowest BCUT2D eigenvalue weighted by Crippen LogP contribution is -2.35. The summed E-state index contributed by atoms with van der Waals surface area (Å²) < 4.78 is 35.9. The van der Waals surface area contributed by atoms with E-state index < -0.39 is 16.0 Å². The van der Waals surface area contributed by atoms with Crippen molar-refractivity contribution >= 4 is 38.4 Å². The summed E-state index contributed by atoms with van der Waals surface area (Å²) in [7, 11) is -3.83. The van der Waals surface area contributed by atoms with Crippen LogP contribution in [0.25, 0.3) is 10.9 Å². The van der Waals surface area contributed by atoms with E-state index in [-0.39, 0.29) is 36.0 Å². The van der Waals surface area contributed by atoms with Gasteiger partial charge in [0.15, 0.2) is 5.84 Å². The summed E-state index contributed by atoms with van der Waals surface area (Å²) in [5.41, 5.74) is 2.40. The van der Waals surface area contributed by atoms with E-state index in [1.165, 1.54) is 17.0 Å². The van der Waals surface area contributed by atoms with Crippen molar-refractivity contribution in [2.45, 2.75) is 18.4 Å². The number of anilines is 1. The Morgan fingerprint density at radius 2 is 1.81 bits per heavy atom. The monoisotopic (exact) mass is 502 g/mol. The molecule has 3 aromatic carbocycles. The molecule has 182 valence electrons. The van der Waals surface area contributed by atoms with Gasteiger partial charge in [0.2, 0.25) is 0 Å². The Hall–Kier alpha value is -4.31. The summed E-state index contributed by atoms with van der Waals surface area (Å²) in [6.07, 6.45) is 1.32. The highest BCUT2D eigenvalue weighted by Gasteiger charge is 2.32. The van der Waals surface area contributed by atoms with Crippen molar-refractivity contribution in [3.63, 3.8) is 0 Å². The first-order chi connectivity index (χ1) is 17.3. The number of fused-ring (bicyclic) bond motifs is 2. The third-order valence-corrected chi connectivity index (χ3v) is 7.12. The quantitative estimate of drug-likeness (QED) is 0.373. The number of hydrogen-bond acceptors (Lipinski definition) is 7. The van der Waals surface area contributed by atoms with Gasteiger partial charge in [0, 0.05) is 11.3 Å². The van der Waals surface area contributed by atoms with Crippen molar-refractivity contribution in [1.29, 1.82) is 0 Å². The smallest absolute Gasteiger partial charge is 0.326 e. The van der Waals surface area contributed by atoms with Gasteiger partial charge in [-0.2, -0.15) is 8.42 Å². The van der Waals surface area contributed by atoms with Gasteiger partial charge in [-0.3, -0.25) is 14.2 Å². The number of para-hydroxylation sites is 1. The molecule has 0 unspecified atom stereocenters. The van der Waals surface area contributed by atoms with Crippen LogP contribution in [0.4, 0.5) is 5.69 Å². The molecular weight excluding hydrogens is 480 g/mol. The second-order valence-electron chi connectivity index (χ2n) is 8.29. The highest BCUT2D eigenvalue weighted by Crippen LogP contribution is 2.30. The Balaban J connectivity index is 1.35. The maximum atomic E-state index is 12.6. The third-order valence-electron chi connectivity index (χ3n) is 5.79. The van der Waals surface area contributed by atoms with Crippen molar-refractivity contribution in [2.75, 3.05) is 18.1 Å². The summed E-state index contributed by atoms with van der Waals surface area (Å²) in [5.74, 6) is -0.345. The van der Waals surface area contributed by atoms with Gasteiger partial charge < -0.3 is 9.64 Å². The van der Waals surface area contributed by atoms with Crippen molar-refractivity contribution < 1.29 is 17.9 Å². The molecule has 0 fully saturated rings. The molecule has 2 heterocycles. The van der Waals surface area contributed by atoms with E-state index in [4.69, 9.17) is 4.74 Å². The predicted molar refractivity (Wildman–Crippen MR) is 136 cm³/mol. The van der Waals surface area contributed by atoms with Gasteiger partial charge in [-0.25, -0.2) is 4.98 Å². The summed E-state index contributed by atoms with van der Waals surface area (Å²) >= 11 is 0. The van der Waals surface area contributed by atoms with Crippen LogP contribution in [0.1, 0.15) is 11.1 Å². The SMILES string of the molecule is Cc1cccc(N(CCOC(=O)Cn2cnc3ccccc3c2=O)C2=NS(=O)(=O)c3ccccc32)c1. The topological polar surface area (TPSA) is 111 Å². The maximum Gasteiger partial charge on any atom is 0.326 e. The van der Waals surface area contributed by atoms with Gasteiger partial charge in [-0.1, -0.05) is 36.4 Å². The number of rotatable bonds is 6. The van der Waals surface area contributed by atoms with Gasteiger partial charge in [-0.05, 0) is 48.9 Å². The number of benzene rings is 3. The first kappa shape index (κ1) is 23.4. The van der Waals surface area contributed by atoms with E-state index in [1.807, 2.05) is 31.2 Å². The average Bonchev–Trinajstić information content (AvgIpc) is 3.14. The van der Waals surface area contributed by atoms with Gasteiger partial charge in [0.1, 0.15) is 18.0 Å². The number of amidine groups is 1. The van der Waals surface area contributed by atoms with Crippen LogP contribution in [0, 0.1) is 6.92 Å². The molecule has 0 bridgehead atoms. The fraction of sp³-hybridized carbons (Fsp3) is 0.154. The summed E-state index contributed by atoms with van der Waals surface area (Å²) in [6, 6.07) is 21.0. The molecular formula is C26H22N4O5S. The molecule has 0 amide bonds. The van der Waals surface area contributed by atoms with Gasteiger partial charge in [0.05, 0.1) is 23.8 Å². The van der Waals surface area contributed by atoms with E-state index in [9.17, 15) is 18.0 Å². The Morgan fingerprint density at radius 1 is 1.03 bits per heavy atom. The molecule has 1 aliphatic heterocycles. The normalized spacial score (nSPS) is 13.8. The van der Waals surface area contributed by atoms with E-state index in [1.54, 1.807) is 47.4 Å². The number of aromatic nitrogens is 2. The molecule has 0 saturated carbocycles. The number of aryl methyl sites for hydroxylation is 1. The lowest BCUT2D eigenvalue weighted by Gasteiger charge is -2.25. The summed E-state index contributed by atoms with van der Waals surface area (Å²) in [5, 5.41) is 0.414. The van der Waals surface area contributed by atoms with Crippen molar-refractivity contribution in [2.24, 2.45) is 4.40 Å². The molecule has 0 aliphatic carbocycles. The highest BCUT2D eigenvalue weighted by atomic mass is 32.2. The first-order valence-electron chi connectivity index (χ1n) is 11.2. The number of hydrogen-bond donors (Lipinski definition) is 0. The lowest BCUT2D eigenvalue weighted by molar-refractivity contribution is -0.144. The number of sulfonamides is 1. The molecule has 9 nitrogen and oxygen atoms in total. The minimum absolute atomic E-state index is 0.0518. The fourth-order valence-corrected chi connectivity index (χ4v) is 5.30. The Kier molecular flexibility index (Phi) is 6.11. The van der Waals surface area contributed by atoms with Crippen LogP contribution in [0.5, 0.6) is 0 Å². The maximum absolute atomic E-state index is 12.6. The van der Waals surface area contributed by atoms with Crippen LogP contribution in [0.3, 0.4) is 0 Å². The predicted octanol–water partition coefficient (Wildman–Crippen LogP) is 2.90. The molecule has 5 rings (SSSR count). The van der Waals surface area contributed by atoms with Crippen LogP contribution in [-0.4, -0.2) is 42.9 Å². The molecule has 1 aromatic heterocycles. The summed E-state index contributed by atoms with van der Waals surface area (Å²) in [6.45, 7) is 1.74. The highest BCUT2D eigenvalue weighted by molar-refractivity contribution is 7.90. The zero-order valence-corrected chi connectivity index (χ0v) is 20.2. The molecule has 0 saturated heterocycles. The fourth-order valence-electron chi connectivity index (χ4n) is 4.09. The number of nitrogens with zero attached hydrogens (tertiary/aromatic N) is 4. The Bertz CT molecular complexity index is 1680. The molecule has 4 aromatic rings. The van der Waals surface area contributed by atoms with E-state index in [0.717, 1.165) is 5.56 Å². The zero-order chi connectivity index (χ0) is 25.3. The molecule has 1 aliphatic rings. The van der Waals surface area contributed by atoms with Crippen LogP contribution < -0.4 is 10.5 Å². The average molecular weight is 503 g/mol. The molecule has 10 heteroatoms. The van der Waals surface area contributed by atoms with Crippen molar-refractivity contribution in [3.05, 3.63) is 101 Å². The number of carbonyl (C=O) groups is 1. The standard InChI is InChI=1S/C26H22N4O5S/c1-18-7-6-8-19(15-18)30(25-21-10-3-5-12-23(21)36(33,34)28-25)13-14-35-24(31)16-29-17-27-22-11-4-2-9-20(22)26(29)32/h2-12,15,17H,13-14,16H2,1H3.